The molecule has 0 atom stereocenters. The van der Waals surface area contributed by atoms with Gasteiger partial charge in [0.1, 0.15) is 10.2 Å². The minimum atomic E-state index is -0.147. The highest BCUT2D eigenvalue weighted by molar-refractivity contribution is 9.10. The lowest BCUT2D eigenvalue weighted by Crippen LogP contribution is -2.13. The average Bonchev–Trinajstić information content (AvgIpc) is 3.05. The Labute approximate surface area is 106 Å². The van der Waals surface area contributed by atoms with Gasteiger partial charge in [0.05, 0.1) is 5.69 Å². The predicted molar refractivity (Wildman–Crippen MR) is 67.0 cm³/mol. The molecule has 1 aliphatic carbocycles. The van der Waals surface area contributed by atoms with E-state index in [4.69, 9.17) is 4.42 Å². The molecule has 2 heterocycles. The lowest BCUT2D eigenvalue weighted by molar-refractivity contribution is 0.543. The highest BCUT2D eigenvalue weighted by Gasteiger charge is 2.29. The zero-order chi connectivity index (χ0) is 12.0. The Morgan fingerprint density at radius 1 is 1.47 bits per heavy atom. The largest absolute Gasteiger partial charge is 0.458 e. The number of hydrogen-bond donors (Lipinski definition) is 1. The summed E-state index contributed by atoms with van der Waals surface area (Å²) in [6.45, 7) is 1.86. The lowest BCUT2D eigenvalue weighted by Gasteiger charge is -2.03. The second-order valence-corrected chi connectivity index (χ2v) is 5.09. The highest BCUT2D eigenvalue weighted by Crippen LogP contribution is 2.41. The first-order chi connectivity index (χ1) is 8.15. The standard InChI is InChI=1S/C12H11BrN2O2/c1-6-2-5-8(17-6)11-14-10(7-3-4-7)9(13)12(16)15-11/h2,5,7H,3-4H2,1H3,(H,14,15,16). The molecule has 1 N–H and O–H groups in total. The molecule has 0 amide bonds. The first-order valence-electron chi connectivity index (χ1n) is 5.51. The van der Waals surface area contributed by atoms with E-state index in [-0.39, 0.29) is 5.56 Å². The minimum Gasteiger partial charge on any atom is -0.458 e. The van der Waals surface area contributed by atoms with Crippen molar-refractivity contribution in [3.05, 3.63) is 38.4 Å². The van der Waals surface area contributed by atoms with Crippen molar-refractivity contribution in [3.63, 3.8) is 0 Å². The van der Waals surface area contributed by atoms with Crippen molar-refractivity contribution in [1.82, 2.24) is 9.97 Å². The zero-order valence-corrected chi connectivity index (χ0v) is 10.9. The SMILES string of the molecule is Cc1ccc(-c2nc(C3CC3)c(Br)c(=O)[nH]2)o1. The van der Waals surface area contributed by atoms with Crippen LogP contribution in [0.25, 0.3) is 11.6 Å². The van der Waals surface area contributed by atoms with Gasteiger partial charge >= 0.3 is 0 Å². The molecule has 0 spiro atoms. The van der Waals surface area contributed by atoms with Gasteiger partial charge in [-0.3, -0.25) is 4.79 Å². The van der Waals surface area contributed by atoms with Crippen LogP contribution >= 0.6 is 15.9 Å². The van der Waals surface area contributed by atoms with Gasteiger partial charge in [-0.05, 0) is 47.8 Å². The van der Waals surface area contributed by atoms with E-state index in [1.54, 1.807) is 0 Å². The number of aryl methyl sites for hydroxylation is 1. The summed E-state index contributed by atoms with van der Waals surface area (Å²) in [5.74, 6) is 2.34. The maximum Gasteiger partial charge on any atom is 0.265 e. The van der Waals surface area contributed by atoms with E-state index in [1.807, 2.05) is 19.1 Å². The quantitative estimate of drug-likeness (QED) is 0.926. The smallest absolute Gasteiger partial charge is 0.265 e. The molecule has 0 saturated heterocycles. The Morgan fingerprint density at radius 3 is 2.82 bits per heavy atom. The number of nitrogens with one attached hydrogen (secondary N) is 1. The summed E-state index contributed by atoms with van der Waals surface area (Å²) < 4.78 is 6.02. The van der Waals surface area contributed by atoms with Crippen LogP contribution in [0.2, 0.25) is 0 Å². The summed E-state index contributed by atoms with van der Waals surface area (Å²) in [7, 11) is 0. The van der Waals surface area contributed by atoms with Crippen LogP contribution in [0.4, 0.5) is 0 Å². The second-order valence-electron chi connectivity index (χ2n) is 4.30. The molecule has 2 aromatic heterocycles. The van der Waals surface area contributed by atoms with E-state index in [2.05, 4.69) is 25.9 Å². The summed E-state index contributed by atoms with van der Waals surface area (Å²) >= 11 is 3.30. The third-order valence-electron chi connectivity index (χ3n) is 2.83. The molecule has 1 aliphatic rings. The maximum atomic E-state index is 11.8. The van der Waals surface area contributed by atoms with Gasteiger partial charge in [0.15, 0.2) is 11.6 Å². The number of hydrogen-bond acceptors (Lipinski definition) is 3. The van der Waals surface area contributed by atoms with Crippen LogP contribution in [0, 0.1) is 6.92 Å². The Kier molecular flexibility index (Phi) is 2.43. The molecule has 0 unspecified atom stereocenters. The summed E-state index contributed by atoms with van der Waals surface area (Å²) in [6, 6.07) is 3.67. The van der Waals surface area contributed by atoms with Crippen LogP contribution in [0.1, 0.15) is 30.2 Å². The van der Waals surface area contributed by atoms with Crippen molar-refractivity contribution in [2.75, 3.05) is 0 Å². The van der Waals surface area contributed by atoms with E-state index in [9.17, 15) is 4.79 Å². The number of furan rings is 1. The van der Waals surface area contributed by atoms with Crippen LogP contribution in [-0.4, -0.2) is 9.97 Å². The molecule has 0 bridgehead atoms. The van der Waals surface area contributed by atoms with E-state index in [0.29, 0.717) is 22.0 Å². The van der Waals surface area contributed by atoms with Gasteiger partial charge in [-0.2, -0.15) is 0 Å². The molecule has 1 fully saturated rings. The summed E-state index contributed by atoms with van der Waals surface area (Å²) in [5, 5.41) is 0. The number of aromatic amines is 1. The van der Waals surface area contributed by atoms with Gasteiger partial charge in [-0.25, -0.2) is 4.98 Å². The fourth-order valence-corrected chi connectivity index (χ4v) is 2.29. The molecule has 88 valence electrons. The molecule has 2 aromatic rings. The van der Waals surface area contributed by atoms with Crippen molar-refractivity contribution in [1.29, 1.82) is 0 Å². The number of halogens is 1. The van der Waals surface area contributed by atoms with Crippen LogP contribution in [0.5, 0.6) is 0 Å². The van der Waals surface area contributed by atoms with E-state index in [0.717, 1.165) is 24.3 Å². The molecule has 0 aromatic carbocycles. The van der Waals surface area contributed by atoms with Crippen LogP contribution in [0.15, 0.2) is 25.8 Å². The van der Waals surface area contributed by atoms with Gasteiger partial charge in [0.2, 0.25) is 0 Å². The molecular weight excluding hydrogens is 284 g/mol. The molecule has 1 saturated carbocycles. The Morgan fingerprint density at radius 2 is 2.24 bits per heavy atom. The molecule has 17 heavy (non-hydrogen) atoms. The summed E-state index contributed by atoms with van der Waals surface area (Å²) in [4.78, 5) is 19.0. The topological polar surface area (TPSA) is 58.9 Å². The molecule has 5 heteroatoms. The van der Waals surface area contributed by atoms with Crippen molar-refractivity contribution < 1.29 is 4.42 Å². The summed E-state index contributed by atoms with van der Waals surface area (Å²) in [5.41, 5.74) is 0.698. The number of nitrogens with zero attached hydrogens (tertiary/aromatic N) is 1. The monoisotopic (exact) mass is 294 g/mol. The third-order valence-corrected chi connectivity index (χ3v) is 3.59. The van der Waals surface area contributed by atoms with Crippen molar-refractivity contribution in [2.24, 2.45) is 0 Å². The maximum absolute atomic E-state index is 11.8. The molecule has 0 aliphatic heterocycles. The fourth-order valence-electron chi connectivity index (χ4n) is 1.78. The number of rotatable bonds is 2. The lowest BCUT2D eigenvalue weighted by atomic mass is 10.2. The normalized spacial score (nSPS) is 15.2. The highest BCUT2D eigenvalue weighted by atomic mass is 79.9. The predicted octanol–water partition coefficient (Wildman–Crippen LogP) is 2.98. The van der Waals surface area contributed by atoms with Gasteiger partial charge in [-0.15, -0.1) is 0 Å². The van der Waals surface area contributed by atoms with Gasteiger partial charge in [-0.1, -0.05) is 0 Å². The molecular formula is C12H11BrN2O2. The fraction of sp³-hybridized carbons (Fsp3) is 0.333. The average molecular weight is 295 g/mol. The van der Waals surface area contributed by atoms with Crippen LogP contribution in [-0.2, 0) is 0 Å². The van der Waals surface area contributed by atoms with Crippen molar-refractivity contribution >= 4 is 15.9 Å². The Balaban J connectivity index is 2.14. The van der Waals surface area contributed by atoms with E-state index < -0.39 is 0 Å². The first kappa shape index (κ1) is 10.8. The third kappa shape index (κ3) is 1.95. The van der Waals surface area contributed by atoms with Gasteiger partial charge in [0.25, 0.3) is 5.56 Å². The second kappa shape index (κ2) is 3.84. The van der Waals surface area contributed by atoms with Crippen molar-refractivity contribution in [2.45, 2.75) is 25.7 Å². The summed E-state index contributed by atoms with van der Waals surface area (Å²) in [6.07, 6.45) is 2.21. The molecule has 0 radical (unpaired) electrons. The number of aromatic nitrogens is 2. The van der Waals surface area contributed by atoms with Crippen molar-refractivity contribution in [3.8, 4) is 11.6 Å². The van der Waals surface area contributed by atoms with Gasteiger partial charge < -0.3 is 9.40 Å². The van der Waals surface area contributed by atoms with Gasteiger partial charge in [0, 0.05) is 5.92 Å². The minimum absolute atomic E-state index is 0.147. The van der Waals surface area contributed by atoms with E-state index in [1.165, 1.54) is 0 Å². The van der Waals surface area contributed by atoms with E-state index >= 15 is 0 Å². The van der Waals surface area contributed by atoms with Crippen LogP contribution < -0.4 is 5.56 Å². The molecule has 4 nitrogen and oxygen atoms in total. The first-order valence-corrected chi connectivity index (χ1v) is 6.31. The molecule has 3 rings (SSSR count). The number of H-pyrrole nitrogens is 1. The zero-order valence-electron chi connectivity index (χ0n) is 9.29. The Bertz CT molecular complexity index is 626. The van der Waals surface area contributed by atoms with Crippen LogP contribution in [0.3, 0.4) is 0 Å². The Hall–Kier alpha value is -1.36.